The molecule has 1 aliphatic heterocycles. The Morgan fingerprint density at radius 1 is 1.00 bits per heavy atom. The Bertz CT molecular complexity index is 682. The van der Waals surface area contributed by atoms with E-state index in [1.807, 2.05) is 24.3 Å². The third-order valence-corrected chi connectivity index (χ3v) is 5.43. The lowest BCUT2D eigenvalue weighted by Crippen LogP contribution is -2.42. The smallest absolute Gasteiger partial charge is 0.119 e. The molecule has 1 aliphatic rings. The lowest BCUT2D eigenvalue weighted by Gasteiger charge is -2.38. The Kier molecular flexibility index (Phi) is 7.53. The molecule has 0 spiro atoms. The molecule has 3 rings (SSSR count). The summed E-state index contributed by atoms with van der Waals surface area (Å²) in [7, 11) is 1.67. The van der Waals surface area contributed by atoms with E-state index in [4.69, 9.17) is 25.8 Å². The first-order valence-electron chi connectivity index (χ1n) is 9.47. The second kappa shape index (κ2) is 10.1. The van der Waals surface area contributed by atoms with Crippen LogP contribution in [0.3, 0.4) is 0 Å². The first-order valence-corrected chi connectivity index (χ1v) is 9.85. The Morgan fingerprint density at radius 3 is 2.37 bits per heavy atom. The number of methoxy groups -OCH3 is 1. The predicted octanol–water partition coefficient (Wildman–Crippen LogP) is 4.20. The van der Waals surface area contributed by atoms with Crippen LogP contribution in [0, 0.1) is 0 Å². The van der Waals surface area contributed by atoms with Crippen LogP contribution in [0.5, 0.6) is 5.75 Å². The van der Waals surface area contributed by atoms with Crippen molar-refractivity contribution in [1.29, 1.82) is 0 Å². The third-order valence-electron chi connectivity index (χ3n) is 5.18. The quantitative estimate of drug-likeness (QED) is 0.652. The summed E-state index contributed by atoms with van der Waals surface area (Å²) in [5.41, 5.74) is 2.68. The van der Waals surface area contributed by atoms with Gasteiger partial charge in [0.1, 0.15) is 12.4 Å². The Labute approximate surface area is 166 Å². The van der Waals surface area contributed by atoms with Gasteiger partial charge in [-0.25, -0.2) is 0 Å². The van der Waals surface area contributed by atoms with Crippen LogP contribution in [0.2, 0.25) is 5.02 Å². The molecule has 0 saturated carbocycles. The molecule has 1 N–H and O–H groups in total. The molecule has 4 nitrogen and oxygen atoms in total. The van der Waals surface area contributed by atoms with E-state index in [0.717, 1.165) is 49.9 Å². The fraction of sp³-hybridized carbons (Fsp3) is 0.455. The summed E-state index contributed by atoms with van der Waals surface area (Å²) in [5, 5.41) is 4.43. The average Bonchev–Trinajstić information content (AvgIpc) is 2.71. The summed E-state index contributed by atoms with van der Waals surface area (Å²) in [5.74, 6) is 0.873. The molecule has 2 aromatic carbocycles. The number of ether oxygens (including phenoxy) is 3. The minimum absolute atomic E-state index is 0.103. The van der Waals surface area contributed by atoms with Crippen LogP contribution >= 0.6 is 11.6 Å². The van der Waals surface area contributed by atoms with E-state index in [-0.39, 0.29) is 5.41 Å². The van der Waals surface area contributed by atoms with Gasteiger partial charge in [0.2, 0.25) is 0 Å². The van der Waals surface area contributed by atoms with Crippen LogP contribution in [0.1, 0.15) is 24.0 Å². The summed E-state index contributed by atoms with van der Waals surface area (Å²) in [6.45, 7) is 4.52. The topological polar surface area (TPSA) is 39.7 Å². The molecular formula is C22H28ClNO3. The van der Waals surface area contributed by atoms with E-state index in [1.54, 1.807) is 7.11 Å². The van der Waals surface area contributed by atoms with Crippen molar-refractivity contribution in [2.24, 2.45) is 0 Å². The summed E-state index contributed by atoms with van der Waals surface area (Å²) in [4.78, 5) is 0. The Morgan fingerprint density at radius 2 is 1.70 bits per heavy atom. The van der Waals surface area contributed by atoms with Gasteiger partial charge in [-0.05, 0) is 48.2 Å². The predicted molar refractivity (Wildman–Crippen MR) is 109 cm³/mol. The molecule has 0 radical (unpaired) electrons. The third kappa shape index (κ3) is 5.69. The summed E-state index contributed by atoms with van der Waals surface area (Å²) in [6.07, 6.45) is 2.04. The van der Waals surface area contributed by atoms with E-state index in [9.17, 15) is 0 Å². The molecule has 0 unspecified atom stereocenters. The Hall–Kier alpha value is -1.59. The lowest BCUT2D eigenvalue weighted by atomic mass is 9.74. The van der Waals surface area contributed by atoms with Crippen molar-refractivity contribution in [2.75, 3.05) is 40.1 Å². The second-order valence-electron chi connectivity index (χ2n) is 6.99. The van der Waals surface area contributed by atoms with Crippen LogP contribution in [0.25, 0.3) is 0 Å². The maximum atomic E-state index is 6.08. The number of rotatable bonds is 9. The number of nitrogens with one attached hydrogen (secondary N) is 1. The highest BCUT2D eigenvalue weighted by molar-refractivity contribution is 6.30. The molecule has 1 fully saturated rings. The van der Waals surface area contributed by atoms with Gasteiger partial charge in [0, 0.05) is 43.9 Å². The molecule has 146 valence electrons. The van der Waals surface area contributed by atoms with E-state index in [0.29, 0.717) is 13.2 Å². The van der Waals surface area contributed by atoms with Crippen LogP contribution in [0.4, 0.5) is 0 Å². The molecule has 1 saturated heterocycles. The maximum absolute atomic E-state index is 6.08. The van der Waals surface area contributed by atoms with Crippen molar-refractivity contribution < 1.29 is 14.2 Å². The molecule has 0 amide bonds. The lowest BCUT2D eigenvalue weighted by molar-refractivity contribution is 0.0498. The first-order chi connectivity index (χ1) is 13.2. The minimum atomic E-state index is 0.103. The van der Waals surface area contributed by atoms with Gasteiger partial charge in [-0.1, -0.05) is 35.9 Å². The van der Waals surface area contributed by atoms with E-state index < -0.39 is 0 Å². The van der Waals surface area contributed by atoms with Gasteiger partial charge in [0.25, 0.3) is 0 Å². The highest BCUT2D eigenvalue weighted by atomic mass is 35.5. The van der Waals surface area contributed by atoms with Crippen LogP contribution in [0.15, 0.2) is 48.5 Å². The van der Waals surface area contributed by atoms with Crippen molar-refractivity contribution in [1.82, 2.24) is 5.32 Å². The summed E-state index contributed by atoms with van der Waals surface area (Å²) in [6, 6.07) is 16.5. The zero-order valence-electron chi connectivity index (χ0n) is 15.9. The van der Waals surface area contributed by atoms with Crippen molar-refractivity contribution in [3.8, 4) is 5.75 Å². The standard InChI is InChI=1S/C22H28ClNO3/c1-25-14-15-27-21-8-2-18(3-9-21)16-24-17-22(10-12-26-13-11-22)19-4-6-20(23)7-5-19/h2-9,24H,10-17H2,1H3. The Balaban J connectivity index is 1.57. The summed E-state index contributed by atoms with van der Waals surface area (Å²) < 4.78 is 16.2. The zero-order valence-corrected chi connectivity index (χ0v) is 16.6. The largest absolute Gasteiger partial charge is 0.491 e. The van der Waals surface area contributed by atoms with E-state index in [2.05, 4.69) is 29.6 Å². The van der Waals surface area contributed by atoms with Gasteiger partial charge in [-0.2, -0.15) is 0 Å². The molecule has 0 aromatic heterocycles. The molecule has 0 aliphatic carbocycles. The molecule has 27 heavy (non-hydrogen) atoms. The number of hydrogen-bond donors (Lipinski definition) is 1. The fourth-order valence-corrected chi connectivity index (χ4v) is 3.65. The normalized spacial score (nSPS) is 16.2. The van der Waals surface area contributed by atoms with Gasteiger partial charge < -0.3 is 19.5 Å². The zero-order chi connectivity index (χ0) is 19.0. The van der Waals surface area contributed by atoms with E-state index >= 15 is 0 Å². The summed E-state index contributed by atoms with van der Waals surface area (Å²) >= 11 is 6.08. The van der Waals surface area contributed by atoms with Gasteiger partial charge >= 0.3 is 0 Å². The SMILES string of the molecule is COCCOc1ccc(CNCC2(c3ccc(Cl)cc3)CCOCC2)cc1. The number of benzene rings is 2. The van der Waals surface area contributed by atoms with Crippen molar-refractivity contribution in [3.05, 3.63) is 64.7 Å². The first kappa shape index (κ1) is 20.2. The van der Waals surface area contributed by atoms with Gasteiger partial charge in [0.15, 0.2) is 0 Å². The van der Waals surface area contributed by atoms with Crippen molar-refractivity contribution in [3.63, 3.8) is 0 Å². The van der Waals surface area contributed by atoms with Crippen molar-refractivity contribution in [2.45, 2.75) is 24.8 Å². The molecule has 0 atom stereocenters. The van der Waals surface area contributed by atoms with Crippen LogP contribution in [-0.2, 0) is 21.4 Å². The molecule has 1 heterocycles. The van der Waals surface area contributed by atoms with Gasteiger partial charge in [-0.15, -0.1) is 0 Å². The minimum Gasteiger partial charge on any atom is -0.491 e. The molecule has 2 aromatic rings. The van der Waals surface area contributed by atoms with Crippen LogP contribution in [-0.4, -0.2) is 40.1 Å². The average molecular weight is 390 g/mol. The van der Waals surface area contributed by atoms with Gasteiger partial charge in [-0.3, -0.25) is 0 Å². The molecular weight excluding hydrogens is 362 g/mol. The monoisotopic (exact) mass is 389 g/mol. The van der Waals surface area contributed by atoms with Crippen molar-refractivity contribution >= 4 is 11.6 Å². The molecule has 5 heteroatoms. The van der Waals surface area contributed by atoms with Crippen LogP contribution < -0.4 is 10.1 Å². The number of halogens is 1. The highest BCUT2D eigenvalue weighted by Gasteiger charge is 2.34. The van der Waals surface area contributed by atoms with Gasteiger partial charge in [0.05, 0.1) is 6.61 Å². The second-order valence-corrected chi connectivity index (χ2v) is 7.42. The number of hydrogen-bond acceptors (Lipinski definition) is 4. The molecule has 0 bridgehead atoms. The van der Waals surface area contributed by atoms with E-state index in [1.165, 1.54) is 11.1 Å². The highest BCUT2D eigenvalue weighted by Crippen LogP contribution is 2.35. The maximum Gasteiger partial charge on any atom is 0.119 e. The fourth-order valence-electron chi connectivity index (χ4n) is 3.53.